The number of rotatable bonds is 6. The highest BCUT2D eigenvalue weighted by Gasteiger charge is 2.40. The molecule has 3 nitrogen and oxygen atoms in total. The van der Waals surface area contributed by atoms with Crippen molar-refractivity contribution in [2.45, 2.75) is 50.6 Å². The molecule has 35 heavy (non-hydrogen) atoms. The third kappa shape index (κ3) is 4.37. The highest BCUT2D eigenvalue weighted by atomic mass is 15.1. The molecule has 4 aromatic rings. The van der Waals surface area contributed by atoms with Gasteiger partial charge in [0.1, 0.15) is 5.84 Å². The Bertz CT molecular complexity index is 1390. The quantitative estimate of drug-likeness (QED) is 0.243. The lowest BCUT2D eigenvalue weighted by atomic mass is 9.85. The van der Waals surface area contributed by atoms with Crippen LogP contribution in [0.5, 0.6) is 0 Å². The van der Waals surface area contributed by atoms with Gasteiger partial charge in [0.15, 0.2) is 0 Å². The number of nitrogens with two attached hydrogens (primary N) is 1. The number of benzene rings is 4. The Morgan fingerprint density at radius 2 is 1.60 bits per heavy atom. The molecule has 4 aromatic carbocycles. The maximum atomic E-state index is 7.68. The van der Waals surface area contributed by atoms with Gasteiger partial charge in [-0.3, -0.25) is 10.3 Å². The van der Waals surface area contributed by atoms with Gasteiger partial charge in [0.2, 0.25) is 0 Å². The summed E-state index contributed by atoms with van der Waals surface area (Å²) >= 11 is 0. The van der Waals surface area contributed by atoms with Gasteiger partial charge >= 0.3 is 0 Å². The molecule has 3 atom stereocenters. The molecule has 2 unspecified atom stereocenters. The van der Waals surface area contributed by atoms with Crippen molar-refractivity contribution in [2.75, 3.05) is 6.54 Å². The van der Waals surface area contributed by atoms with E-state index in [9.17, 15) is 0 Å². The maximum absolute atomic E-state index is 7.68. The van der Waals surface area contributed by atoms with Crippen LogP contribution in [0.3, 0.4) is 0 Å². The maximum Gasteiger partial charge on any atom is 0.122 e. The summed E-state index contributed by atoms with van der Waals surface area (Å²) in [5.41, 5.74) is 13.9. The average molecular weight is 460 g/mol. The minimum atomic E-state index is 0.124. The van der Waals surface area contributed by atoms with Crippen LogP contribution < -0.4 is 5.73 Å². The van der Waals surface area contributed by atoms with Gasteiger partial charge in [0.25, 0.3) is 0 Å². The fraction of sp³-hybridized carbons (Fsp3) is 0.281. The van der Waals surface area contributed by atoms with E-state index in [1.807, 2.05) is 12.1 Å². The van der Waals surface area contributed by atoms with Crippen LogP contribution in [0.2, 0.25) is 0 Å². The molecule has 0 saturated heterocycles. The Labute approximate surface area is 208 Å². The lowest BCUT2D eigenvalue weighted by Gasteiger charge is -2.35. The Morgan fingerprint density at radius 1 is 0.886 bits per heavy atom. The van der Waals surface area contributed by atoms with Crippen LogP contribution in [-0.4, -0.2) is 17.3 Å². The van der Waals surface area contributed by atoms with Crippen molar-refractivity contribution in [1.29, 1.82) is 5.41 Å². The van der Waals surface area contributed by atoms with Gasteiger partial charge in [-0.05, 0) is 75.3 Å². The van der Waals surface area contributed by atoms with Crippen molar-refractivity contribution in [3.05, 3.63) is 118 Å². The van der Waals surface area contributed by atoms with Gasteiger partial charge in [-0.15, -0.1) is 0 Å². The zero-order valence-corrected chi connectivity index (χ0v) is 20.4. The van der Waals surface area contributed by atoms with Gasteiger partial charge < -0.3 is 5.73 Å². The van der Waals surface area contributed by atoms with E-state index in [2.05, 4.69) is 84.6 Å². The summed E-state index contributed by atoms with van der Waals surface area (Å²) in [6.45, 7) is 5.55. The number of hydrogen-bond donors (Lipinski definition) is 2. The van der Waals surface area contributed by atoms with Gasteiger partial charge in [0.05, 0.1) is 0 Å². The SMILES string of the molecule is CCC1CN(Cc2ccccc2)Cc2ccc([C@@H]3CC3c3ccc4cc(C(=N)N)ccc4c3)cc21. The third-order valence-electron chi connectivity index (χ3n) is 8.05. The number of nitrogens with zero attached hydrogens (tertiary/aromatic N) is 1. The summed E-state index contributed by atoms with van der Waals surface area (Å²) in [5, 5.41) is 10.1. The van der Waals surface area contributed by atoms with Crippen molar-refractivity contribution >= 4 is 16.6 Å². The van der Waals surface area contributed by atoms with E-state index in [1.165, 1.54) is 40.5 Å². The molecule has 0 aromatic heterocycles. The van der Waals surface area contributed by atoms with Crippen molar-refractivity contribution in [3.8, 4) is 0 Å². The lowest BCUT2D eigenvalue weighted by molar-refractivity contribution is 0.219. The fourth-order valence-electron chi connectivity index (χ4n) is 5.99. The zero-order chi connectivity index (χ0) is 23.9. The molecule has 1 heterocycles. The van der Waals surface area contributed by atoms with Crippen LogP contribution in [0.4, 0.5) is 0 Å². The predicted molar refractivity (Wildman–Crippen MR) is 145 cm³/mol. The number of nitrogens with one attached hydrogen (secondary N) is 1. The first kappa shape index (κ1) is 22.1. The van der Waals surface area contributed by atoms with E-state index in [0.717, 1.165) is 30.6 Å². The topological polar surface area (TPSA) is 53.1 Å². The fourth-order valence-corrected chi connectivity index (χ4v) is 5.99. The van der Waals surface area contributed by atoms with Crippen LogP contribution in [0, 0.1) is 5.41 Å². The lowest BCUT2D eigenvalue weighted by Crippen LogP contribution is -2.33. The highest BCUT2D eigenvalue weighted by Crippen LogP contribution is 2.55. The van der Waals surface area contributed by atoms with Crippen LogP contribution >= 0.6 is 0 Å². The Hall–Kier alpha value is -3.43. The first-order chi connectivity index (χ1) is 17.1. The number of fused-ring (bicyclic) bond motifs is 2. The van der Waals surface area contributed by atoms with Gasteiger partial charge in [-0.1, -0.05) is 85.8 Å². The second-order valence-electron chi connectivity index (χ2n) is 10.4. The van der Waals surface area contributed by atoms with Crippen molar-refractivity contribution in [2.24, 2.45) is 5.73 Å². The van der Waals surface area contributed by atoms with Crippen LogP contribution in [-0.2, 0) is 13.1 Å². The first-order valence-corrected chi connectivity index (χ1v) is 12.9. The molecule has 6 rings (SSSR count). The molecule has 1 aliphatic heterocycles. The number of nitrogen functional groups attached to an aromatic ring is 1. The molecule has 1 fully saturated rings. The molecular weight excluding hydrogens is 426 g/mol. The molecule has 3 heteroatoms. The third-order valence-corrected chi connectivity index (χ3v) is 8.05. The van der Waals surface area contributed by atoms with Crippen LogP contribution in [0.1, 0.15) is 70.9 Å². The van der Waals surface area contributed by atoms with E-state index < -0.39 is 0 Å². The average Bonchev–Trinajstić information content (AvgIpc) is 3.69. The van der Waals surface area contributed by atoms with Crippen molar-refractivity contribution in [1.82, 2.24) is 4.90 Å². The first-order valence-electron chi connectivity index (χ1n) is 12.9. The Kier molecular flexibility index (Phi) is 5.66. The summed E-state index contributed by atoms with van der Waals surface area (Å²) in [6.07, 6.45) is 2.41. The van der Waals surface area contributed by atoms with Crippen LogP contribution in [0.25, 0.3) is 10.8 Å². The minimum Gasteiger partial charge on any atom is -0.384 e. The van der Waals surface area contributed by atoms with Gasteiger partial charge in [-0.25, -0.2) is 0 Å². The predicted octanol–water partition coefficient (Wildman–Crippen LogP) is 6.90. The molecule has 0 amide bonds. The largest absolute Gasteiger partial charge is 0.384 e. The monoisotopic (exact) mass is 459 g/mol. The summed E-state index contributed by atoms with van der Waals surface area (Å²) in [5.74, 6) is 1.95. The highest BCUT2D eigenvalue weighted by molar-refractivity contribution is 5.99. The Balaban J connectivity index is 1.20. The second kappa shape index (κ2) is 8.98. The van der Waals surface area contributed by atoms with Crippen LogP contribution in [0.15, 0.2) is 84.9 Å². The Morgan fingerprint density at radius 3 is 2.37 bits per heavy atom. The van der Waals surface area contributed by atoms with E-state index in [0.29, 0.717) is 17.8 Å². The second-order valence-corrected chi connectivity index (χ2v) is 10.4. The summed E-state index contributed by atoms with van der Waals surface area (Å²) in [7, 11) is 0. The van der Waals surface area contributed by atoms with Gasteiger partial charge in [0, 0.05) is 25.2 Å². The number of hydrogen-bond acceptors (Lipinski definition) is 2. The van der Waals surface area contributed by atoms with E-state index in [1.54, 1.807) is 5.56 Å². The van der Waals surface area contributed by atoms with E-state index in [-0.39, 0.29) is 5.84 Å². The molecule has 0 bridgehead atoms. The molecule has 176 valence electrons. The minimum absolute atomic E-state index is 0.124. The molecular formula is C32H33N3. The molecule has 1 saturated carbocycles. The molecule has 3 N–H and O–H groups in total. The standard InChI is InChI=1S/C32H33N3/c1-2-22-19-35(18-21-6-4-3-5-7-21)20-28-13-11-26(16-29(22)28)31-17-30(31)25-10-8-24-15-27(32(33)34)12-9-23(24)14-25/h3-16,22,30-31H,2,17-20H2,1H3,(H3,33,34)/t22?,30?,31-/m0/s1. The van der Waals surface area contributed by atoms with Crippen molar-refractivity contribution in [3.63, 3.8) is 0 Å². The van der Waals surface area contributed by atoms with Crippen molar-refractivity contribution < 1.29 is 0 Å². The van der Waals surface area contributed by atoms with E-state index >= 15 is 0 Å². The number of amidine groups is 1. The molecule has 0 spiro atoms. The van der Waals surface area contributed by atoms with E-state index in [4.69, 9.17) is 11.1 Å². The zero-order valence-electron chi connectivity index (χ0n) is 20.4. The summed E-state index contributed by atoms with van der Waals surface area (Å²) in [6, 6.07) is 31.0. The smallest absolute Gasteiger partial charge is 0.122 e. The molecule has 2 aliphatic rings. The summed E-state index contributed by atoms with van der Waals surface area (Å²) in [4.78, 5) is 2.61. The molecule has 1 aliphatic carbocycles. The molecule has 0 radical (unpaired) electrons. The summed E-state index contributed by atoms with van der Waals surface area (Å²) < 4.78 is 0. The normalized spacial score (nSPS) is 21.6. The van der Waals surface area contributed by atoms with Gasteiger partial charge in [-0.2, -0.15) is 0 Å².